The van der Waals surface area contributed by atoms with Gasteiger partial charge >= 0.3 is 0 Å². The number of aromatic nitrogens is 3. The molecule has 3 aromatic heterocycles. The molecule has 1 saturated heterocycles. The summed E-state index contributed by atoms with van der Waals surface area (Å²) < 4.78 is 5.95. The zero-order valence-electron chi connectivity index (χ0n) is 20.7. The molecule has 0 bridgehead atoms. The minimum atomic E-state index is 0.256. The van der Waals surface area contributed by atoms with Gasteiger partial charge in [-0.3, -0.25) is 4.98 Å². The average Bonchev–Trinajstić information content (AvgIpc) is 3.62. The molecule has 3 aliphatic rings. The lowest BCUT2D eigenvalue weighted by Crippen LogP contribution is -2.42. The van der Waals surface area contributed by atoms with Gasteiger partial charge in [0, 0.05) is 47.9 Å². The first-order valence-corrected chi connectivity index (χ1v) is 13.3. The number of piperidine rings is 1. The lowest BCUT2D eigenvalue weighted by atomic mass is 9.63. The maximum absolute atomic E-state index is 6.59. The topological polar surface area (TPSA) is 55.1 Å². The van der Waals surface area contributed by atoms with Crippen LogP contribution in [0.2, 0.25) is 5.02 Å². The Morgan fingerprint density at radius 2 is 1.81 bits per heavy atom. The van der Waals surface area contributed by atoms with Gasteiger partial charge in [0.05, 0.1) is 10.5 Å². The highest BCUT2D eigenvalue weighted by atomic mass is 35.5. The van der Waals surface area contributed by atoms with Crippen molar-refractivity contribution in [1.29, 1.82) is 0 Å². The number of fused-ring (bicyclic) bond motifs is 1. The number of anilines is 1. The number of halogens is 1. The largest absolute Gasteiger partial charge is 0.360 e. The van der Waals surface area contributed by atoms with E-state index in [-0.39, 0.29) is 5.41 Å². The Morgan fingerprint density at radius 1 is 1.00 bits per heavy atom. The first kappa shape index (κ1) is 22.1. The summed E-state index contributed by atoms with van der Waals surface area (Å²) in [7, 11) is 0. The molecule has 0 atom stereocenters. The quantitative estimate of drug-likeness (QED) is 0.292. The van der Waals surface area contributed by atoms with Crippen molar-refractivity contribution in [2.45, 2.75) is 51.9 Å². The van der Waals surface area contributed by atoms with Gasteiger partial charge in [0.2, 0.25) is 0 Å². The molecule has 1 spiro atoms. The maximum atomic E-state index is 6.59. The van der Waals surface area contributed by atoms with E-state index in [0.29, 0.717) is 10.9 Å². The van der Waals surface area contributed by atoms with Crippen molar-refractivity contribution in [1.82, 2.24) is 15.1 Å². The van der Waals surface area contributed by atoms with E-state index in [1.807, 2.05) is 13.1 Å². The third-order valence-corrected chi connectivity index (χ3v) is 8.64. The van der Waals surface area contributed by atoms with Gasteiger partial charge in [-0.05, 0) is 86.3 Å². The number of allylic oxidation sites excluding steroid dienone is 2. The third-order valence-electron chi connectivity index (χ3n) is 8.36. The van der Waals surface area contributed by atoms with Crippen LogP contribution in [0.3, 0.4) is 0 Å². The van der Waals surface area contributed by atoms with Crippen LogP contribution >= 0.6 is 11.6 Å². The molecule has 2 fully saturated rings. The van der Waals surface area contributed by atoms with Crippen LogP contribution < -0.4 is 4.90 Å². The molecule has 1 saturated carbocycles. The molecule has 1 aliphatic heterocycles. The number of rotatable bonds is 4. The molecule has 7 rings (SSSR count). The van der Waals surface area contributed by atoms with Crippen LogP contribution in [0, 0.1) is 19.3 Å². The van der Waals surface area contributed by atoms with Crippen LogP contribution in [-0.2, 0) is 0 Å². The number of aryl methyl sites for hydroxylation is 2. The third kappa shape index (κ3) is 3.55. The molecule has 182 valence electrons. The summed E-state index contributed by atoms with van der Waals surface area (Å²) in [6, 6.07) is 10.8. The van der Waals surface area contributed by atoms with E-state index in [2.05, 4.69) is 58.4 Å². The molecule has 6 heteroatoms. The molecule has 36 heavy (non-hydrogen) atoms. The van der Waals surface area contributed by atoms with Crippen molar-refractivity contribution in [2.75, 3.05) is 18.0 Å². The van der Waals surface area contributed by atoms with Crippen LogP contribution in [-0.4, -0.2) is 28.2 Å². The fourth-order valence-electron chi connectivity index (χ4n) is 6.10. The van der Waals surface area contributed by atoms with Crippen LogP contribution in [0.15, 0.2) is 53.3 Å². The Bertz CT molecular complexity index is 1510. The van der Waals surface area contributed by atoms with Gasteiger partial charge in [-0.15, -0.1) is 0 Å². The van der Waals surface area contributed by atoms with Gasteiger partial charge in [-0.1, -0.05) is 35.0 Å². The van der Waals surface area contributed by atoms with Crippen molar-refractivity contribution < 1.29 is 4.52 Å². The number of pyridine rings is 2. The van der Waals surface area contributed by atoms with E-state index in [1.165, 1.54) is 34.9 Å². The fraction of sp³-hybridized carbons (Fsp3) is 0.367. The number of hydrogen-bond donors (Lipinski definition) is 0. The Morgan fingerprint density at radius 3 is 2.56 bits per heavy atom. The Labute approximate surface area is 216 Å². The first-order valence-electron chi connectivity index (χ1n) is 12.9. The maximum Gasteiger partial charge on any atom is 0.147 e. The molecular formula is C30H29ClN4O. The molecule has 1 aromatic carbocycles. The zero-order chi connectivity index (χ0) is 24.4. The second-order valence-electron chi connectivity index (χ2n) is 10.9. The highest BCUT2D eigenvalue weighted by Gasteiger charge is 2.44. The lowest BCUT2D eigenvalue weighted by Gasteiger charge is -2.46. The summed E-state index contributed by atoms with van der Waals surface area (Å²) >= 11 is 6.59. The van der Waals surface area contributed by atoms with Crippen LogP contribution in [0.5, 0.6) is 0 Å². The van der Waals surface area contributed by atoms with Crippen molar-refractivity contribution in [3.05, 3.63) is 76.3 Å². The van der Waals surface area contributed by atoms with Crippen molar-refractivity contribution >= 4 is 33.9 Å². The first-order chi connectivity index (χ1) is 17.5. The molecule has 0 amide bonds. The standard InChI is InChI=1S/C30H29ClN4O/c1-18-4-3-5-24-22(18)8-9-25(33-24)35-12-10-30(11-13-35)14-21(15-30)27-28(34-36-29(27)20-6-7-20)26-19(2)16-32-17-23(26)31/h3-5,8-9,14,16-17,20H,6-7,10-13,15H2,1-2H3. The Balaban J connectivity index is 1.15. The van der Waals surface area contributed by atoms with E-state index in [1.54, 1.807) is 6.20 Å². The Hall–Kier alpha value is -3.18. The van der Waals surface area contributed by atoms with Gasteiger partial charge < -0.3 is 9.42 Å². The second kappa shape index (κ2) is 8.17. The number of nitrogens with zero attached hydrogens (tertiary/aromatic N) is 4. The van der Waals surface area contributed by atoms with Crippen molar-refractivity contribution in [3.8, 4) is 11.3 Å². The molecule has 0 radical (unpaired) electrons. The van der Waals surface area contributed by atoms with Gasteiger partial charge in [0.15, 0.2) is 0 Å². The predicted molar refractivity (Wildman–Crippen MR) is 144 cm³/mol. The van der Waals surface area contributed by atoms with Gasteiger partial charge in [-0.25, -0.2) is 4.98 Å². The average molecular weight is 497 g/mol. The minimum absolute atomic E-state index is 0.256. The van der Waals surface area contributed by atoms with Gasteiger partial charge in [0.25, 0.3) is 0 Å². The summed E-state index contributed by atoms with van der Waals surface area (Å²) in [5.74, 6) is 2.63. The summed E-state index contributed by atoms with van der Waals surface area (Å²) in [5.41, 5.74) is 8.03. The molecular weight excluding hydrogens is 468 g/mol. The highest BCUT2D eigenvalue weighted by molar-refractivity contribution is 6.33. The van der Waals surface area contributed by atoms with E-state index in [4.69, 9.17) is 21.1 Å². The Kier molecular flexibility index (Phi) is 5.00. The summed E-state index contributed by atoms with van der Waals surface area (Å²) in [6.45, 7) is 6.23. The van der Waals surface area contributed by atoms with Crippen LogP contribution in [0.1, 0.15) is 60.5 Å². The highest BCUT2D eigenvalue weighted by Crippen LogP contribution is 2.56. The molecule has 0 N–H and O–H groups in total. The van der Waals surface area contributed by atoms with E-state index < -0.39 is 0 Å². The number of benzene rings is 1. The fourth-order valence-corrected chi connectivity index (χ4v) is 6.39. The molecule has 5 nitrogen and oxygen atoms in total. The monoisotopic (exact) mass is 496 g/mol. The minimum Gasteiger partial charge on any atom is -0.360 e. The smallest absolute Gasteiger partial charge is 0.147 e. The molecule has 0 unspecified atom stereocenters. The van der Waals surface area contributed by atoms with E-state index in [9.17, 15) is 0 Å². The zero-order valence-corrected chi connectivity index (χ0v) is 21.5. The SMILES string of the molecule is Cc1cncc(Cl)c1-c1noc(C2CC2)c1C1=CC2(CCN(c3ccc4c(C)cccc4n3)CC2)C1. The molecule has 2 aliphatic carbocycles. The lowest BCUT2D eigenvalue weighted by molar-refractivity contribution is 0.277. The van der Waals surface area contributed by atoms with Crippen molar-refractivity contribution in [3.63, 3.8) is 0 Å². The van der Waals surface area contributed by atoms with E-state index in [0.717, 1.165) is 66.3 Å². The summed E-state index contributed by atoms with van der Waals surface area (Å²) in [4.78, 5) is 11.7. The summed E-state index contributed by atoms with van der Waals surface area (Å²) in [5, 5.41) is 6.41. The molecule has 4 aromatic rings. The number of hydrogen-bond acceptors (Lipinski definition) is 5. The van der Waals surface area contributed by atoms with Gasteiger partial charge in [0.1, 0.15) is 17.3 Å². The van der Waals surface area contributed by atoms with E-state index >= 15 is 0 Å². The predicted octanol–water partition coefficient (Wildman–Crippen LogP) is 7.51. The molecule has 4 heterocycles. The van der Waals surface area contributed by atoms with Crippen LogP contribution in [0.4, 0.5) is 5.82 Å². The normalized spacial score (nSPS) is 19.0. The summed E-state index contributed by atoms with van der Waals surface area (Å²) in [6.07, 6.45) is 11.8. The van der Waals surface area contributed by atoms with Gasteiger partial charge in [-0.2, -0.15) is 0 Å². The second-order valence-corrected chi connectivity index (χ2v) is 11.3. The van der Waals surface area contributed by atoms with Crippen LogP contribution in [0.25, 0.3) is 27.7 Å². The van der Waals surface area contributed by atoms with Crippen molar-refractivity contribution in [2.24, 2.45) is 5.41 Å².